The average molecular weight is 330 g/mol. The summed E-state index contributed by atoms with van der Waals surface area (Å²) < 4.78 is 0. The minimum absolute atomic E-state index is 0.310. The van der Waals surface area contributed by atoms with Gasteiger partial charge in [-0.2, -0.15) is 0 Å². The van der Waals surface area contributed by atoms with Crippen LogP contribution in [0.15, 0.2) is 42.5 Å². The lowest BCUT2D eigenvalue weighted by molar-refractivity contribution is -0.137. The van der Waals surface area contributed by atoms with Gasteiger partial charge < -0.3 is 5.11 Å². The number of rotatable bonds is 11. The van der Waals surface area contributed by atoms with Crippen molar-refractivity contribution in [3.63, 3.8) is 0 Å². The van der Waals surface area contributed by atoms with Crippen LogP contribution in [0.25, 0.3) is 0 Å². The summed E-state index contributed by atoms with van der Waals surface area (Å²) in [6, 6.07) is 15.2. The molecule has 0 radical (unpaired) electrons. The van der Waals surface area contributed by atoms with E-state index in [4.69, 9.17) is 5.11 Å². The molecule has 0 spiro atoms. The van der Waals surface area contributed by atoms with Gasteiger partial charge in [-0.3, -0.25) is 4.79 Å². The van der Waals surface area contributed by atoms with Crippen molar-refractivity contribution in [1.29, 1.82) is 0 Å². The van der Waals surface area contributed by atoms with E-state index < -0.39 is 5.97 Å². The zero-order valence-electron chi connectivity index (χ0n) is 13.7. The van der Waals surface area contributed by atoms with Gasteiger partial charge in [0, 0.05) is 16.2 Å². The fraction of sp³-hybridized carbons (Fsp3) is 0.450. The molecule has 1 N–H and O–H groups in total. The Morgan fingerprint density at radius 3 is 2.13 bits per heavy atom. The Bertz CT molecular complexity index is 574. The molecular formula is C20H26O2S. The minimum atomic E-state index is -0.677. The summed E-state index contributed by atoms with van der Waals surface area (Å²) in [5.74, 6) is -0.677. The molecular weight excluding hydrogens is 304 g/mol. The van der Waals surface area contributed by atoms with Crippen LogP contribution in [0.3, 0.4) is 0 Å². The highest BCUT2D eigenvalue weighted by Gasteiger charge is 2.02. The summed E-state index contributed by atoms with van der Waals surface area (Å²) in [5, 5.41) is 8.60. The van der Waals surface area contributed by atoms with Crippen molar-refractivity contribution in [3.05, 3.63) is 57.8 Å². The maximum absolute atomic E-state index is 10.4. The van der Waals surface area contributed by atoms with E-state index in [0.717, 1.165) is 38.5 Å². The van der Waals surface area contributed by atoms with Crippen LogP contribution in [0.2, 0.25) is 0 Å². The molecule has 0 unspecified atom stereocenters. The molecule has 23 heavy (non-hydrogen) atoms. The van der Waals surface area contributed by atoms with Gasteiger partial charge in [0.1, 0.15) is 0 Å². The molecule has 124 valence electrons. The maximum atomic E-state index is 10.4. The lowest BCUT2D eigenvalue weighted by atomic mass is 10.1. The molecule has 1 aromatic heterocycles. The highest BCUT2D eigenvalue weighted by Crippen LogP contribution is 2.21. The van der Waals surface area contributed by atoms with Crippen molar-refractivity contribution >= 4 is 17.3 Å². The van der Waals surface area contributed by atoms with Crippen molar-refractivity contribution in [2.45, 2.75) is 57.8 Å². The van der Waals surface area contributed by atoms with Crippen LogP contribution >= 0.6 is 11.3 Å². The van der Waals surface area contributed by atoms with E-state index in [9.17, 15) is 4.79 Å². The second-order valence-corrected chi connectivity index (χ2v) is 7.27. The number of unbranched alkanes of at least 4 members (excludes halogenated alkanes) is 3. The topological polar surface area (TPSA) is 37.3 Å². The quantitative estimate of drug-likeness (QED) is 0.552. The Labute approximate surface area is 143 Å². The fourth-order valence-corrected chi connectivity index (χ4v) is 3.83. The zero-order valence-corrected chi connectivity index (χ0v) is 14.5. The van der Waals surface area contributed by atoms with Gasteiger partial charge in [0.25, 0.3) is 0 Å². The Morgan fingerprint density at radius 2 is 1.43 bits per heavy atom. The number of hydrogen-bond donors (Lipinski definition) is 1. The monoisotopic (exact) mass is 330 g/mol. The van der Waals surface area contributed by atoms with Crippen molar-refractivity contribution in [3.8, 4) is 0 Å². The lowest BCUT2D eigenvalue weighted by Gasteiger charge is -2.00. The van der Waals surface area contributed by atoms with E-state index in [2.05, 4.69) is 42.5 Å². The first-order valence-electron chi connectivity index (χ1n) is 8.57. The standard InChI is InChI=1S/C20H26O2S/c21-20(22)14-7-2-1-6-12-18-15-16-19(23-18)13-8-11-17-9-4-3-5-10-17/h3-5,9-10,15-16H,1-2,6-8,11-14H2,(H,21,22). The molecule has 2 rings (SSSR count). The molecule has 1 heterocycles. The van der Waals surface area contributed by atoms with E-state index in [0.29, 0.717) is 6.42 Å². The number of aliphatic carboxylic acids is 1. The number of thiophene rings is 1. The van der Waals surface area contributed by atoms with Gasteiger partial charge in [0.2, 0.25) is 0 Å². The van der Waals surface area contributed by atoms with Crippen molar-refractivity contribution in [1.82, 2.24) is 0 Å². The van der Waals surface area contributed by atoms with Crippen molar-refractivity contribution < 1.29 is 9.90 Å². The van der Waals surface area contributed by atoms with Gasteiger partial charge >= 0.3 is 5.97 Å². The average Bonchev–Trinajstić information content (AvgIpc) is 2.99. The predicted octanol–water partition coefficient (Wildman–Crippen LogP) is 5.50. The second kappa shape index (κ2) is 10.2. The van der Waals surface area contributed by atoms with E-state index in [-0.39, 0.29) is 0 Å². The lowest BCUT2D eigenvalue weighted by Crippen LogP contribution is -1.93. The summed E-state index contributed by atoms with van der Waals surface area (Å²) in [4.78, 5) is 13.4. The van der Waals surface area contributed by atoms with Crippen molar-refractivity contribution in [2.24, 2.45) is 0 Å². The molecule has 2 aromatic rings. The van der Waals surface area contributed by atoms with E-state index in [1.165, 1.54) is 28.2 Å². The van der Waals surface area contributed by atoms with Gasteiger partial charge in [-0.05, 0) is 56.2 Å². The number of benzene rings is 1. The second-order valence-electron chi connectivity index (χ2n) is 6.02. The van der Waals surface area contributed by atoms with Crippen molar-refractivity contribution in [2.75, 3.05) is 0 Å². The number of hydrogen-bond acceptors (Lipinski definition) is 2. The third kappa shape index (κ3) is 7.47. The molecule has 0 aliphatic heterocycles. The van der Waals surface area contributed by atoms with Gasteiger partial charge in [-0.15, -0.1) is 11.3 Å². The summed E-state index contributed by atoms with van der Waals surface area (Å²) in [7, 11) is 0. The van der Waals surface area contributed by atoms with Gasteiger partial charge in [0.15, 0.2) is 0 Å². The summed E-state index contributed by atoms with van der Waals surface area (Å²) >= 11 is 1.94. The molecule has 0 aliphatic rings. The minimum Gasteiger partial charge on any atom is -0.481 e. The summed E-state index contributed by atoms with van der Waals surface area (Å²) in [6.07, 6.45) is 9.11. The third-order valence-corrected chi connectivity index (χ3v) is 5.22. The molecule has 0 amide bonds. The van der Waals surface area contributed by atoms with E-state index >= 15 is 0 Å². The van der Waals surface area contributed by atoms with E-state index in [1.54, 1.807) is 0 Å². The largest absolute Gasteiger partial charge is 0.481 e. The Kier molecular flexibility index (Phi) is 7.88. The molecule has 1 aromatic carbocycles. The van der Waals surface area contributed by atoms with Crippen LogP contribution in [-0.4, -0.2) is 11.1 Å². The van der Waals surface area contributed by atoms with Crippen LogP contribution in [-0.2, 0) is 24.1 Å². The Hall–Kier alpha value is -1.61. The van der Waals surface area contributed by atoms with Crippen LogP contribution in [0, 0.1) is 0 Å². The molecule has 0 fully saturated rings. The van der Waals surface area contributed by atoms with Gasteiger partial charge in [-0.1, -0.05) is 43.2 Å². The molecule has 2 nitrogen and oxygen atoms in total. The smallest absolute Gasteiger partial charge is 0.303 e. The number of carboxylic acid groups (broad SMARTS) is 1. The van der Waals surface area contributed by atoms with Crippen LogP contribution in [0.1, 0.15) is 53.8 Å². The summed E-state index contributed by atoms with van der Waals surface area (Å²) in [6.45, 7) is 0. The Morgan fingerprint density at radius 1 is 0.783 bits per heavy atom. The van der Waals surface area contributed by atoms with Crippen LogP contribution < -0.4 is 0 Å². The van der Waals surface area contributed by atoms with Gasteiger partial charge in [0.05, 0.1) is 0 Å². The zero-order chi connectivity index (χ0) is 16.3. The predicted molar refractivity (Wildman–Crippen MR) is 97.2 cm³/mol. The summed E-state index contributed by atoms with van der Waals surface area (Å²) in [5.41, 5.74) is 1.42. The Balaban J connectivity index is 1.59. The number of carbonyl (C=O) groups is 1. The number of aryl methyl sites for hydroxylation is 3. The first-order valence-corrected chi connectivity index (χ1v) is 9.39. The number of carboxylic acids is 1. The molecule has 0 bridgehead atoms. The molecule has 0 atom stereocenters. The highest BCUT2D eigenvalue weighted by molar-refractivity contribution is 7.11. The normalized spacial score (nSPS) is 10.8. The van der Waals surface area contributed by atoms with Crippen LogP contribution in [0.4, 0.5) is 0 Å². The molecule has 3 heteroatoms. The fourth-order valence-electron chi connectivity index (χ4n) is 2.73. The molecule has 0 saturated carbocycles. The first kappa shape index (κ1) is 17.7. The SMILES string of the molecule is O=C(O)CCCCCCc1ccc(CCCc2ccccc2)s1. The van der Waals surface area contributed by atoms with Gasteiger partial charge in [-0.25, -0.2) is 0 Å². The maximum Gasteiger partial charge on any atom is 0.303 e. The molecule has 0 saturated heterocycles. The molecule has 0 aliphatic carbocycles. The van der Waals surface area contributed by atoms with E-state index in [1.807, 2.05) is 11.3 Å². The van der Waals surface area contributed by atoms with Crippen LogP contribution in [0.5, 0.6) is 0 Å². The third-order valence-electron chi connectivity index (χ3n) is 4.01. The first-order chi connectivity index (χ1) is 11.2. The highest BCUT2D eigenvalue weighted by atomic mass is 32.1.